The van der Waals surface area contributed by atoms with Crippen molar-refractivity contribution in [3.05, 3.63) is 48.3 Å². The molecule has 2 rings (SSSR count). The largest absolute Gasteiger partial charge is 0.382 e. The molecule has 2 radical (unpaired) electrons. The van der Waals surface area contributed by atoms with Crippen LogP contribution in [0.15, 0.2) is 42.7 Å². The first kappa shape index (κ1) is 11.0. The molecule has 0 saturated heterocycles. The lowest BCUT2D eigenvalue weighted by Crippen LogP contribution is -2.17. The highest BCUT2D eigenvalue weighted by molar-refractivity contribution is 6.31. The lowest BCUT2D eigenvalue weighted by molar-refractivity contribution is 0.164. The molecular weight excluding hydrogens is 199 g/mol. The van der Waals surface area contributed by atoms with Gasteiger partial charge < -0.3 is 4.74 Å². The molecule has 0 fully saturated rings. The molecule has 0 saturated carbocycles. The highest BCUT2D eigenvalue weighted by atomic mass is 16.5. The van der Waals surface area contributed by atoms with E-state index in [2.05, 4.69) is 17.2 Å². The minimum atomic E-state index is 0.0727. The second kappa shape index (κ2) is 4.99. The van der Waals surface area contributed by atoms with E-state index >= 15 is 0 Å². The van der Waals surface area contributed by atoms with E-state index in [0.717, 1.165) is 5.56 Å². The van der Waals surface area contributed by atoms with E-state index in [1.165, 1.54) is 0 Å². The van der Waals surface area contributed by atoms with Gasteiger partial charge in [0.15, 0.2) is 0 Å². The Morgan fingerprint density at radius 1 is 1.38 bits per heavy atom. The SMILES string of the molecule is [B]c1cnn(C(COC)c2ccccc2)c1. The van der Waals surface area contributed by atoms with E-state index in [9.17, 15) is 0 Å². The molecule has 0 N–H and O–H groups in total. The Hall–Kier alpha value is -1.55. The number of benzene rings is 1. The molecule has 4 heteroatoms. The molecule has 80 valence electrons. The number of ether oxygens (including phenoxy) is 1. The van der Waals surface area contributed by atoms with Crippen molar-refractivity contribution in [1.29, 1.82) is 0 Å². The molecule has 1 heterocycles. The van der Waals surface area contributed by atoms with Crippen molar-refractivity contribution in [1.82, 2.24) is 9.78 Å². The maximum Gasteiger partial charge on any atom is 0.118 e. The topological polar surface area (TPSA) is 27.1 Å². The van der Waals surface area contributed by atoms with Crippen molar-refractivity contribution in [3.8, 4) is 0 Å². The lowest BCUT2D eigenvalue weighted by atomic mass is 10.0. The maximum atomic E-state index is 5.67. The summed E-state index contributed by atoms with van der Waals surface area (Å²) in [5.74, 6) is 0. The number of methoxy groups -OCH3 is 1. The van der Waals surface area contributed by atoms with Gasteiger partial charge in [-0.3, -0.25) is 4.68 Å². The van der Waals surface area contributed by atoms with E-state index in [1.54, 1.807) is 13.3 Å². The summed E-state index contributed by atoms with van der Waals surface area (Å²) in [5.41, 5.74) is 1.82. The Bertz CT molecular complexity index is 441. The molecule has 0 aliphatic heterocycles. The minimum Gasteiger partial charge on any atom is -0.382 e. The van der Waals surface area contributed by atoms with Crippen molar-refractivity contribution in [2.24, 2.45) is 0 Å². The van der Waals surface area contributed by atoms with Gasteiger partial charge in [-0.25, -0.2) is 0 Å². The van der Waals surface area contributed by atoms with Gasteiger partial charge in [-0.1, -0.05) is 35.8 Å². The number of nitrogens with zero attached hydrogens (tertiary/aromatic N) is 2. The smallest absolute Gasteiger partial charge is 0.118 e. The van der Waals surface area contributed by atoms with E-state index in [4.69, 9.17) is 12.6 Å². The van der Waals surface area contributed by atoms with Crippen LogP contribution in [0.2, 0.25) is 0 Å². The van der Waals surface area contributed by atoms with E-state index in [1.807, 2.05) is 29.1 Å². The van der Waals surface area contributed by atoms with Gasteiger partial charge in [0, 0.05) is 19.5 Å². The molecule has 0 aliphatic rings. The molecule has 0 aliphatic carbocycles. The molecule has 1 aromatic heterocycles. The van der Waals surface area contributed by atoms with Gasteiger partial charge in [-0.15, -0.1) is 0 Å². The molecule has 1 unspecified atom stereocenters. The summed E-state index contributed by atoms with van der Waals surface area (Å²) >= 11 is 0. The van der Waals surface area contributed by atoms with Crippen LogP contribution in [-0.4, -0.2) is 31.3 Å². The molecule has 1 atom stereocenters. The molecule has 2 aromatic rings. The van der Waals surface area contributed by atoms with Crippen LogP contribution in [0.1, 0.15) is 11.6 Å². The summed E-state index contributed by atoms with van der Waals surface area (Å²) < 4.78 is 7.05. The van der Waals surface area contributed by atoms with Gasteiger partial charge in [-0.2, -0.15) is 5.10 Å². The third kappa shape index (κ3) is 2.34. The second-order valence-electron chi connectivity index (χ2n) is 3.64. The molecule has 16 heavy (non-hydrogen) atoms. The van der Waals surface area contributed by atoms with Crippen LogP contribution in [0.25, 0.3) is 0 Å². The zero-order valence-corrected chi connectivity index (χ0v) is 9.21. The fraction of sp³-hybridized carbons (Fsp3) is 0.250. The molecular formula is C12H13BN2O. The average Bonchev–Trinajstić information content (AvgIpc) is 2.74. The van der Waals surface area contributed by atoms with Crippen LogP contribution in [-0.2, 0) is 4.74 Å². The Morgan fingerprint density at radius 2 is 2.12 bits per heavy atom. The van der Waals surface area contributed by atoms with Crippen molar-refractivity contribution in [2.75, 3.05) is 13.7 Å². The van der Waals surface area contributed by atoms with Crippen molar-refractivity contribution < 1.29 is 4.74 Å². The van der Waals surface area contributed by atoms with Gasteiger partial charge in [0.25, 0.3) is 0 Å². The highest BCUT2D eigenvalue weighted by Crippen LogP contribution is 2.16. The van der Waals surface area contributed by atoms with Crippen LogP contribution in [0.4, 0.5) is 0 Å². The first-order valence-corrected chi connectivity index (χ1v) is 5.15. The predicted octanol–water partition coefficient (Wildman–Crippen LogP) is 0.913. The van der Waals surface area contributed by atoms with Crippen LogP contribution in [0.3, 0.4) is 0 Å². The predicted molar refractivity (Wildman–Crippen MR) is 64.1 cm³/mol. The van der Waals surface area contributed by atoms with Crippen LogP contribution in [0.5, 0.6) is 0 Å². The summed E-state index contributed by atoms with van der Waals surface area (Å²) in [7, 11) is 7.35. The molecule has 0 spiro atoms. The number of rotatable bonds is 4. The van der Waals surface area contributed by atoms with Crippen molar-refractivity contribution in [2.45, 2.75) is 6.04 Å². The van der Waals surface area contributed by atoms with E-state index < -0.39 is 0 Å². The van der Waals surface area contributed by atoms with E-state index in [-0.39, 0.29) is 6.04 Å². The number of hydrogen-bond donors (Lipinski definition) is 0. The van der Waals surface area contributed by atoms with Crippen LogP contribution >= 0.6 is 0 Å². The second-order valence-corrected chi connectivity index (χ2v) is 3.64. The zero-order valence-electron chi connectivity index (χ0n) is 9.21. The summed E-state index contributed by atoms with van der Waals surface area (Å²) in [6.07, 6.45) is 3.46. The number of hydrogen-bond acceptors (Lipinski definition) is 2. The first-order valence-electron chi connectivity index (χ1n) is 5.15. The van der Waals surface area contributed by atoms with Gasteiger partial charge >= 0.3 is 0 Å². The van der Waals surface area contributed by atoms with Gasteiger partial charge in [0.1, 0.15) is 13.9 Å². The minimum absolute atomic E-state index is 0.0727. The Kier molecular flexibility index (Phi) is 3.42. The van der Waals surface area contributed by atoms with Gasteiger partial charge in [0.05, 0.1) is 6.61 Å². The average molecular weight is 212 g/mol. The molecule has 3 nitrogen and oxygen atoms in total. The van der Waals surface area contributed by atoms with Crippen molar-refractivity contribution >= 4 is 13.3 Å². The van der Waals surface area contributed by atoms with Crippen molar-refractivity contribution in [3.63, 3.8) is 0 Å². The monoisotopic (exact) mass is 212 g/mol. The molecule has 1 aromatic carbocycles. The summed E-state index contributed by atoms with van der Waals surface area (Å²) in [6.45, 7) is 0.575. The Labute approximate surface area is 96.5 Å². The maximum absolute atomic E-state index is 5.67. The Morgan fingerprint density at radius 3 is 2.69 bits per heavy atom. The normalized spacial score (nSPS) is 12.6. The number of aromatic nitrogens is 2. The van der Waals surface area contributed by atoms with E-state index in [0.29, 0.717) is 12.1 Å². The summed E-state index contributed by atoms with van der Waals surface area (Å²) in [6, 6.07) is 10.2. The fourth-order valence-electron chi connectivity index (χ4n) is 1.68. The molecule has 0 amide bonds. The fourth-order valence-corrected chi connectivity index (χ4v) is 1.68. The van der Waals surface area contributed by atoms with Gasteiger partial charge in [-0.05, 0) is 5.56 Å². The summed E-state index contributed by atoms with van der Waals surface area (Å²) in [5, 5.41) is 4.22. The molecule has 0 bridgehead atoms. The van der Waals surface area contributed by atoms with Crippen LogP contribution < -0.4 is 5.46 Å². The quantitative estimate of drug-likeness (QED) is 0.704. The zero-order chi connectivity index (χ0) is 11.4. The third-order valence-corrected chi connectivity index (χ3v) is 2.45. The highest BCUT2D eigenvalue weighted by Gasteiger charge is 2.13. The summed E-state index contributed by atoms with van der Waals surface area (Å²) in [4.78, 5) is 0. The standard InChI is InChI=1S/C12H13BN2O/c1-16-9-12(10-5-3-2-4-6-10)15-8-11(13)7-14-15/h2-8,12H,9H2,1H3. The van der Waals surface area contributed by atoms with Crippen LogP contribution in [0, 0.1) is 0 Å². The lowest BCUT2D eigenvalue weighted by Gasteiger charge is -2.17. The Balaban J connectivity index is 2.31. The first-order chi connectivity index (χ1) is 7.81. The van der Waals surface area contributed by atoms with Gasteiger partial charge in [0.2, 0.25) is 0 Å². The third-order valence-electron chi connectivity index (χ3n) is 2.45.